The number of nitrogens with one attached hydrogen (secondary N) is 1. The van der Waals surface area contributed by atoms with Gasteiger partial charge in [-0.05, 0) is 37.2 Å². The van der Waals surface area contributed by atoms with Gasteiger partial charge in [-0.15, -0.1) is 0 Å². The number of hydrogen-bond acceptors (Lipinski definition) is 3. The second-order valence-corrected chi connectivity index (χ2v) is 5.91. The molecule has 0 bridgehead atoms. The molecule has 1 saturated carbocycles. The van der Waals surface area contributed by atoms with Crippen molar-refractivity contribution >= 4 is 5.69 Å². The van der Waals surface area contributed by atoms with Crippen LogP contribution < -0.4 is 5.32 Å². The van der Waals surface area contributed by atoms with Crippen molar-refractivity contribution in [1.29, 1.82) is 0 Å². The molecule has 0 amide bonds. The van der Waals surface area contributed by atoms with Crippen LogP contribution in [0.15, 0.2) is 18.2 Å². The van der Waals surface area contributed by atoms with Crippen molar-refractivity contribution < 1.29 is 4.92 Å². The average molecular weight is 276 g/mol. The van der Waals surface area contributed by atoms with E-state index in [9.17, 15) is 10.1 Å². The minimum atomic E-state index is -0.301. The highest BCUT2D eigenvalue weighted by Gasteiger charge is 2.31. The van der Waals surface area contributed by atoms with E-state index in [2.05, 4.69) is 19.2 Å². The van der Waals surface area contributed by atoms with E-state index >= 15 is 0 Å². The Bertz CT molecular complexity index is 487. The summed E-state index contributed by atoms with van der Waals surface area (Å²) in [5.74, 6) is 1.51. The third-order valence-corrected chi connectivity index (χ3v) is 4.92. The third-order valence-electron chi connectivity index (χ3n) is 4.92. The first kappa shape index (κ1) is 15.0. The first-order valence-electron chi connectivity index (χ1n) is 7.50. The van der Waals surface area contributed by atoms with Crippen LogP contribution in [0.1, 0.15) is 44.2 Å². The summed E-state index contributed by atoms with van der Waals surface area (Å²) in [5.41, 5.74) is 2.03. The van der Waals surface area contributed by atoms with E-state index in [1.54, 1.807) is 12.1 Å². The highest BCUT2D eigenvalue weighted by Crippen LogP contribution is 2.34. The van der Waals surface area contributed by atoms with Crippen molar-refractivity contribution in [3.63, 3.8) is 0 Å². The molecular formula is C16H24N2O2. The summed E-state index contributed by atoms with van der Waals surface area (Å²) < 4.78 is 0. The van der Waals surface area contributed by atoms with Gasteiger partial charge >= 0.3 is 0 Å². The zero-order valence-corrected chi connectivity index (χ0v) is 12.6. The summed E-state index contributed by atoms with van der Waals surface area (Å²) in [4.78, 5) is 10.7. The molecule has 20 heavy (non-hydrogen) atoms. The second kappa shape index (κ2) is 6.35. The van der Waals surface area contributed by atoms with E-state index in [-0.39, 0.29) is 10.6 Å². The van der Waals surface area contributed by atoms with Crippen molar-refractivity contribution in [2.45, 2.75) is 52.6 Å². The fourth-order valence-corrected chi connectivity index (χ4v) is 3.41. The summed E-state index contributed by atoms with van der Waals surface area (Å²) in [7, 11) is 0. The largest absolute Gasteiger partial charge is 0.310 e. The zero-order chi connectivity index (χ0) is 14.7. The van der Waals surface area contributed by atoms with Crippen LogP contribution in [0.5, 0.6) is 0 Å². The van der Waals surface area contributed by atoms with Crippen LogP contribution in [-0.2, 0) is 6.54 Å². The standard InChI is InChI=1S/C16H24N2O2/c1-4-13-8-9-15(11(13)2)17-10-14-6-5-7-16(12(14)3)18(19)20/h5-7,11,13,15,17H,4,8-10H2,1-3H3. The van der Waals surface area contributed by atoms with Crippen molar-refractivity contribution in [2.75, 3.05) is 0 Å². The first-order chi connectivity index (χ1) is 9.54. The molecule has 0 aromatic heterocycles. The summed E-state index contributed by atoms with van der Waals surface area (Å²) in [6.07, 6.45) is 3.76. The monoisotopic (exact) mass is 276 g/mol. The smallest absolute Gasteiger partial charge is 0.272 e. The second-order valence-electron chi connectivity index (χ2n) is 5.91. The number of nitro benzene ring substituents is 1. The number of rotatable bonds is 5. The van der Waals surface area contributed by atoms with Crippen LogP contribution in [0.2, 0.25) is 0 Å². The summed E-state index contributed by atoms with van der Waals surface area (Å²) in [6.45, 7) is 7.13. The molecule has 1 aromatic rings. The predicted octanol–water partition coefficient (Wildman–Crippen LogP) is 3.82. The van der Waals surface area contributed by atoms with Crippen LogP contribution in [0.25, 0.3) is 0 Å². The molecule has 0 heterocycles. The number of nitrogens with zero attached hydrogens (tertiary/aromatic N) is 1. The molecule has 4 heteroatoms. The van der Waals surface area contributed by atoms with E-state index < -0.39 is 0 Å². The highest BCUT2D eigenvalue weighted by atomic mass is 16.6. The van der Waals surface area contributed by atoms with Gasteiger partial charge in [0.2, 0.25) is 0 Å². The SMILES string of the molecule is CCC1CCC(NCc2cccc([N+](=O)[O-])c2C)C1C. The molecule has 3 unspecified atom stereocenters. The van der Waals surface area contributed by atoms with Gasteiger partial charge in [-0.2, -0.15) is 0 Å². The maximum absolute atomic E-state index is 11.0. The quantitative estimate of drug-likeness (QED) is 0.657. The lowest BCUT2D eigenvalue weighted by molar-refractivity contribution is -0.385. The molecule has 0 spiro atoms. The molecule has 0 radical (unpaired) electrons. The number of benzene rings is 1. The maximum Gasteiger partial charge on any atom is 0.272 e. The Kier molecular flexibility index (Phi) is 4.76. The van der Waals surface area contributed by atoms with Gasteiger partial charge in [-0.1, -0.05) is 32.4 Å². The predicted molar refractivity (Wildman–Crippen MR) is 80.6 cm³/mol. The topological polar surface area (TPSA) is 55.2 Å². The Morgan fingerprint density at radius 2 is 2.15 bits per heavy atom. The van der Waals surface area contributed by atoms with Crippen molar-refractivity contribution in [1.82, 2.24) is 5.32 Å². The fourth-order valence-electron chi connectivity index (χ4n) is 3.41. The number of nitro groups is 1. The molecule has 3 atom stereocenters. The summed E-state index contributed by atoms with van der Waals surface area (Å²) in [6, 6.07) is 5.87. The fraction of sp³-hybridized carbons (Fsp3) is 0.625. The molecule has 0 aliphatic heterocycles. The van der Waals surface area contributed by atoms with Crippen LogP contribution in [0, 0.1) is 28.9 Å². The molecule has 4 nitrogen and oxygen atoms in total. The van der Waals surface area contributed by atoms with E-state index in [4.69, 9.17) is 0 Å². The van der Waals surface area contributed by atoms with Gasteiger partial charge in [-0.3, -0.25) is 10.1 Å². The Balaban J connectivity index is 2.02. The molecule has 2 rings (SSSR count). The summed E-state index contributed by atoms with van der Waals surface area (Å²) in [5, 5.41) is 14.5. The molecule has 1 N–H and O–H groups in total. The first-order valence-corrected chi connectivity index (χ1v) is 7.50. The molecule has 1 aromatic carbocycles. The third kappa shape index (κ3) is 3.01. The average Bonchev–Trinajstić information content (AvgIpc) is 2.78. The van der Waals surface area contributed by atoms with Gasteiger partial charge in [0.1, 0.15) is 0 Å². The van der Waals surface area contributed by atoms with Crippen molar-refractivity contribution in [3.8, 4) is 0 Å². The summed E-state index contributed by atoms with van der Waals surface area (Å²) >= 11 is 0. The minimum Gasteiger partial charge on any atom is -0.310 e. The molecule has 1 fully saturated rings. The Labute approximate surface area is 120 Å². The van der Waals surface area contributed by atoms with E-state index in [0.717, 1.165) is 23.6 Å². The Hall–Kier alpha value is -1.42. The molecule has 110 valence electrons. The lowest BCUT2D eigenvalue weighted by Crippen LogP contribution is -2.32. The van der Waals surface area contributed by atoms with E-state index in [0.29, 0.717) is 12.0 Å². The molecule has 1 aliphatic rings. The molecular weight excluding hydrogens is 252 g/mol. The van der Waals surface area contributed by atoms with E-state index in [1.807, 2.05) is 13.0 Å². The van der Waals surface area contributed by atoms with Gasteiger partial charge in [0.05, 0.1) is 4.92 Å². The van der Waals surface area contributed by atoms with Crippen LogP contribution in [0.3, 0.4) is 0 Å². The normalized spacial score (nSPS) is 25.9. The van der Waals surface area contributed by atoms with Gasteiger partial charge < -0.3 is 5.32 Å². The van der Waals surface area contributed by atoms with E-state index in [1.165, 1.54) is 19.3 Å². The Morgan fingerprint density at radius 1 is 1.40 bits per heavy atom. The zero-order valence-electron chi connectivity index (χ0n) is 12.6. The van der Waals surface area contributed by atoms with Gasteiger partial charge in [0.15, 0.2) is 0 Å². The molecule has 1 aliphatic carbocycles. The van der Waals surface area contributed by atoms with Gasteiger partial charge in [-0.25, -0.2) is 0 Å². The maximum atomic E-state index is 11.0. The van der Waals surface area contributed by atoms with Crippen molar-refractivity contribution in [3.05, 3.63) is 39.4 Å². The van der Waals surface area contributed by atoms with Crippen LogP contribution in [0.4, 0.5) is 5.69 Å². The lowest BCUT2D eigenvalue weighted by Gasteiger charge is -2.21. The van der Waals surface area contributed by atoms with Gasteiger partial charge in [0.25, 0.3) is 5.69 Å². The minimum absolute atomic E-state index is 0.218. The van der Waals surface area contributed by atoms with Gasteiger partial charge in [0, 0.05) is 24.2 Å². The highest BCUT2D eigenvalue weighted by molar-refractivity contribution is 5.44. The molecule has 0 saturated heterocycles. The Morgan fingerprint density at radius 3 is 2.75 bits per heavy atom. The van der Waals surface area contributed by atoms with Crippen LogP contribution in [-0.4, -0.2) is 11.0 Å². The number of hydrogen-bond donors (Lipinski definition) is 1. The van der Waals surface area contributed by atoms with Crippen molar-refractivity contribution in [2.24, 2.45) is 11.8 Å². The lowest BCUT2D eigenvalue weighted by atomic mass is 9.93. The van der Waals surface area contributed by atoms with Crippen LogP contribution >= 0.6 is 0 Å².